The topological polar surface area (TPSA) is 102 Å². The Balaban J connectivity index is 1.47. The number of rotatable bonds is 9. The van der Waals surface area contributed by atoms with Gasteiger partial charge in [-0.1, -0.05) is 24.3 Å². The van der Waals surface area contributed by atoms with Gasteiger partial charge in [-0.25, -0.2) is 12.8 Å². The van der Waals surface area contributed by atoms with Gasteiger partial charge >= 0.3 is 0 Å². The molecule has 0 bridgehead atoms. The zero-order valence-corrected chi connectivity index (χ0v) is 19.6. The van der Waals surface area contributed by atoms with Crippen molar-refractivity contribution in [2.75, 3.05) is 16.6 Å². The Kier molecular flexibility index (Phi) is 7.11. The Bertz CT molecular complexity index is 1440. The van der Waals surface area contributed by atoms with E-state index in [0.29, 0.717) is 30.2 Å². The Labute approximate surface area is 202 Å². The van der Waals surface area contributed by atoms with Crippen LogP contribution in [0, 0.1) is 12.7 Å². The van der Waals surface area contributed by atoms with E-state index in [1.54, 1.807) is 42.1 Å². The Morgan fingerprint density at radius 1 is 1.06 bits per heavy atom. The second kappa shape index (κ2) is 10.4. The van der Waals surface area contributed by atoms with Gasteiger partial charge in [-0.3, -0.25) is 14.2 Å². The van der Waals surface area contributed by atoms with Gasteiger partial charge in [0.15, 0.2) is 0 Å². The molecule has 0 spiro atoms. The number of aromatic nitrogens is 2. The molecule has 4 rings (SSSR count). The van der Waals surface area contributed by atoms with Gasteiger partial charge in [0, 0.05) is 29.7 Å². The van der Waals surface area contributed by atoms with E-state index in [1.807, 2.05) is 12.3 Å². The van der Waals surface area contributed by atoms with Crippen LogP contribution in [0.2, 0.25) is 0 Å². The summed E-state index contributed by atoms with van der Waals surface area (Å²) in [5.74, 6) is -0.621. The lowest BCUT2D eigenvalue weighted by molar-refractivity contribution is 0.102. The van der Waals surface area contributed by atoms with Crippen LogP contribution >= 0.6 is 0 Å². The van der Waals surface area contributed by atoms with Crippen molar-refractivity contribution in [1.82, 2.24) is 9.78 Å². The van der Waals surface area contributed by atoms with Crippen LogP contribution in [0.25, 0.3) is 0 Å². The number of nitrogens with one attached hydrogen (secondary N) is 2. The Morgan fingerprint density at radius 2 is 1.89 bits per heavy atom. The molecule has 0 unspecified atom stereocenters. The fraction of sp³-hybridized carbons (Fsp3) is 0.120. The molecule has 180 valence electrons. The van der Waals surface area contributed by atoms with Gasteiger partial charge < -0.3 is 10.1 Å². The SMILES string of the molecule is Cc1ccc(S(=O)(=O)Nc2ccccc2F)cc1C(=O)Nc1cccc(OCCn2cccn2)c1. The summed E-state index contributed by atoms with van der Waals surface area (Å²) in [6, 6.07) is 18.3. The van der Waals surface area contributed by atoms with Crippen molar-refractivity contribution >= 4 is 27.3 Å². The van der Waals surface area contributed by atoms with Gasteiger partial charge in [0.1, 0.15) is 18.2 Å². The van der Waals surface area contributed by atoms with Crippen LogP contribution in [-0.4, -0.2) is 30.7 Å². The number of benzene rings is 3. The first-order valence-electron chi connectivity index (χ1n) is 10.7. The van der Waals surface area contributed by atoms with E-state index in [4.69, 9.17) is 4.74 Å². The van der Waals surface area contributed by atoms with Gasteiger partial charge in [0.25, 0.3) is 15.9 Å². The fourth-order valence-corrected chi connectivity index (χ4v) is 4.41. The number of nitrogens with zero attached hydrogens (tertiary/aromatic N) is 2. The maximum Gasteiger partial charge on any atom is 0.262 e. The standard InChI is InChI=1S/C25H23FN4O4S/c1-18-10-11-21(35(32,33)29-24-9-3-2-8-23(24)26)17-22(18)25(31)28-19-6-4-7-20(16-19)34-15-14-30-13-5-12-27-30/h2-13,16-17,29H,14-15H2,1H3,(H,28,31). The number of aryl methyl sites for hydroxylation is 1. The molecule has 0 fully saturated rings. The number of ether oxygens (including phenoxy) is 1. The highest BCUT2D eigenvalue weighted by Crippen LogP contribution is 2.23. The largest absolute Gasteiger partial charge is 0.492 e. The van der Waals surface area contributed by atoms with E-state index in [0.717, 1.165) is 6.07 Å². The van der Waals surface area contributed by atoms with Crippen molar-refractivity contribution in [3.05, 3.63) is 102 Å². The molecule has 4 aromatic rings. The van der Waals surface area contributed by atoms with E-state index in [2.05, 4.69) is 15.1 Å². The molecule has 0 saturated carbocycles. The highest BCUT2D eigenvalue weighted by atomic mass is 32.2. The van der Waals surface area contributed by atoms with Gasteiger partial charge in [0.05, 0.1) is 17.1 Å². The molecular weight excluding hydrogens is 471 g/mol. The van der Waals surface area contributed by atoms with Crippen molar-refractivity contribution in [2.24, 2.45) is 0 Å². The number of para-hydroxylation sites is 1. The molecule has 10 heteroatoms. The number of anilines is 2. The van der Waals surface area contributed by atoms with Crippen molar-refractivity contribution in [3.63, 3.8) is 0 Å². The van der Waals surface area contributed by atoms with E-state index in [9.17, 15) is 17.6 Å². The summed E-state index contributed by atoms with van der Waals surface area (Å²) >= 11 is 0. The number of hydrogen-bond acceptors (Lipinski definition) is 5. The lowest BCUT2D eigenvalue weighted by atomic mass is 10.1. The first kappa shape index (κ1) is 24.0. The number of sulfonamides is 1. The predicted molar refractivity (Wildman–Crippen MR) is 131 cm³/mol. The van der Waals surface area contributed by atoms with Crippen molar-refractivity contribution in [1.29, 1.82) is 0 Å². The number of amides is 1. The van der Waals surface area contributed by atoms with E-state index < -0.39 is 21.7 Å². The van der Waals surface area contributed by atoms with Crippen LogP contribution in [-0.2, 0) is 16.6 Å². The summed E-state index contributed by atoms with van der Waals surface area (Å²) in [5.41, 5.74) is 1.07. The van der Waals surface area contributed by atoms with Gasteiger partial charge in [-0.2, -0.15) is 5.10 Å². The minimum atomic E-state index is -4.11. The third-order valence-electron chi connectivity index (χ3n) is 5.12. The molecule has 35 heavy (non-hydrogen) atoms. The smallest absolute Gasteiger partial charge is 0.262 e. The van der Waals surface area contributed by atoms with Gasteiger partial charge in [-0.05, 0) is 55.0 Å². The van der Waals surface area contributed by atoms with E-state index in [1.165, 1.54) is 36.4 Å². The molecule has 0 radical (unpaired) electrons. The molecule has 0 aliphatic heterocycles. The maximum atomic E-state index is 13.9. The molecule has 0 aliphatic carbocycles. The average molecular weight is 495 g/mol. The second-order valence-electron chi connectivity index (χ2n) is 7.66. The van der Waals surface area contributed by atoms with Crippen LogP contribution in [0.15, 0.2) is 90.1 Å². The number of hydrogen-bond donors (Lipinski definition) is 2. The lowest BCUT2D eigenvalue weighted by Gasteiger charge is -2.13. The summed E-state index contributed by atoms with van der Waals surface area (Å²) in [7, 11) is -4.11. The predicted octanol–water partition coefficient (Wildman–Crippen LogP) is 4.46. The molecule has 8 nitrogen and oxygen atoms in total. The van der Waals surface area contributed by atoms with Crippen molar-refractivity contribution < 1.29 is 22.3 Å². The monoisotopic (exact) mass is 494 g/mol. The first-order chi connectivity index (χ1) is 16.8. The number of carbonyl (C=O) groups is 1. The molecule has 0 aliphatic rings. The van der Waals surface area contributed by atoms with Crippen molar-refractivity contribution in [2.45, 2.75) is 18.4 Å². The normalized spacial score (nSPS) is 11.1. The van der Waals surface area contributed by atoms with Gasteiger partial charge in [-0.15, -0.1) is 0 Å². The average Bonchev–Trinajstić information content (AvgIpc) is 3.34. The Hall–Kier alpha value is -4.18. The molecule has 1 aromatic heterocycles. The summed E-state index contributed by atoms with van der Waals surface area (Å²) in [6.45, 7) is 2.67. The number of carbonyl (C=O) groups excluding carboxylic acids is 1. The Morgan fingerprint density at radius 3 is 2.66 bits per heavy atom. The highest BCUT2D eigenvalue weighted by Gasteiger charge is 2.19. The van der Waals surface area contributed by atoms with E-state index >= 15 is 0 Å². The van der Waals surface area contributed by atoms with Crippen LogP contribution in [0.5, 0.6) is 5.75 Å². The van der Waals surface area contributed by atoms with Crippen LogP contribution in [0.1, 0.15) is 15.9 Å². The first-order valence-corrected chi connectivity index (χ1v) is 12.2. The zero-order valence-electron chi connectivity index (χ0n) is 18.8. The van der Waals surface area contributed by atoms with Crippen LogP contribution in [0.3, 0.4) is 0 Å². The zero-order chi connectivity index (χ0) is 24.8. The molecule has 2 N–H and O–H groups in total. The third kappa shape index (κ3) is 6.04. The summed E-state index contributed by atoms with van der Waals surface area (Å²) < 4.78 is 49.2. The van der Waals surface area contributed by atoms with Crippen LogP contribution < -0.4 is 14.8 Å². The molecule has 0 atom stereocenters. The number of halogens is 1. The van der Waals surface area contributed by atoms with Crippen molar-refractivity contribution in [3.8, 4) is 5.75 Å². The minimum absolute atomic E-state index is 0.160. The molecular formula is C25H23FN4O4S. The molecule has 0 saturated heterocycles. The molecule has 3 aromatic carbocycles. The second-order valence-corrected chi connectivity index (χ2v) is 9.34. The summed E-state index contributed by atoms with van der Waals surface area (Å²) in [4.78, 5) is 12.8. The minimum Gasteiger partial charge on any atom is -0.492 e. The quantitative estimate of drug-likeness (QED) is 0.358. The van der Waals surface area contributed by atoms with Gasteiger partial charge in [0.2, 0.25) is 0 Å². The lowest BCUT2D eigenvalue weighted by Crippen LogP contribution is -2.17. The third-order valence-corrected chi connectivity index (χ3v) is 6.49. The summed E-state index contributed by atoms with van der Waals surface area (Å²) in [6.07, 6.45) is 3.52. The molecule has 1 heterocycles. The fourth-order valence-electron chi connectivity index (χ4n) is 3.31. The van der Waals surface area contributed by atoms with E-state index in [-0.39, 0.29) is 16.1 Å². The maximum absolute atomic E-state index is 13.9. The molecule has 1 amide bonds. The summed E-state index contributed by atoms with van der Waals surface area (Å²) in [5, 5.41) is 6.88. The highest BCUT2D eigenvalue weighted by molar-refractivity contribution is 7.92. The van der Waals surface area contributed by atoms with Crippen LogP contribution in [0.4, 0.5) is 15.8 Å².